The van der Waals surface area contributed by atoms with Gasteiger partial charge in [-0.1, -0.05) is 189 Å². The summed E-state index contributed by atoms with van der Waals surface area (Å²) in [5, 5.41) is 8.79. The largest absolute Gasteiger partial charge is 0.310 e. The van der Waals surface area contributed by atoms with Crippen molar-refractivity contribution < 1.29 is 0 Å². The smallest absolute Gasteiger partial charge is 0.180 e. The molecule has 0 spiro atoms. The lowest BCUT2D eigenvalue weighted by Crippen LogP contribution is -2.72. The summed E-state index contributed by atoms with van der Waals surface area (Å²) in [4.78, 5) is 2.58. The van der Waals surface area contributed by atoms with E-state index in [2.05, 4.69) is 244 Å². The predicted octanol–water partition coefficient (Wildman–Crippen LogP) is 11.0. The highest BCUT2D eigenvalue weighted by atomic mass is 28.3. The van der Waals surface area contributed by atoms with Crippen LogP contribution in [0.1, 0.15) is 29.2 Å². The lowest BCUT2D eigenvalue weighted by atomic mass is 9.74. The van der Waals surface area contributed by atoms with Crippen molar-refractivity contribution in [2.24, 2.45) is 0 Å². The number of aryl methyl sites for hydroxylation is 1. The minimum Gasteiger partial charge on any atom is -0.310 e. The zero-order valence-corrected chi connectivity index (χ0v) is 37.7. The van der Waals surface area contributed by atoms with Gasteiger partial charge in [-0.3, -0.25) is 0 Å². The maximum absolute atomic E-state index is 2.77. The first kappa shape index (κ1) is 37.0. The third kappa shape index (κ3) is 5.07. The summed E-state index contributed by atoms with van der Waals surface area (Å²) in [6.07, 6.45) is 0. The Morgan fingerprint density at radius 2 is 0.871 bits per heavy atom. The van der Waals surface area contributed by atoms with Crippen molar-refractivity contribution in [1.82, 2.24) is 0 Å². The van der Waals surface area contributed by atoms with E-state index in [0.29, 0.717) is 0 Å². The number of hydrogen-bond acceptors (Lipinski definition) is 1. The van der Waals surface area contributed by atoms with E-state index in [1.54, 1.807) is 0 Å². The number of benzene rings is 9. The molecule has 0 saturated carbocycles. The van der Waals surface area contributed by atoms with Crippen molar-refractivity contribution in [1.29, 1.82) is 0 Å². The van der Waals surface area contributed by atoms with Gasteiger partial charge in [0.25, 0.3) is 0 Å². The van der Waals surface area contributed by atoms with Crippen LogP contribution in [0.15, 0.2) is 212 Å². The Bertz CT molecular complexity index is 3210. The molecule has 0 saturated heterocycles. The van der Waals surface area contributed by atoms with Crippen molar-refractivity contribution >= 4 is 64.3 Å². The molecule has 1 atom stereocenters. The molecule has 1 nitrogen and oxygen atoms in total. The molecular formula is C59H47NSi2. The monoisotopic (exact) mass is 825 g/mol. The zero-order valence-electron chi connectivity index (χ0n) is 35.7. The first-order chi connectivity index (χ1) is 30.3. The van der Waals surface area contributed by atoms with Gasteiger partial charge < -0.3 is 4.90 Å². The summed E-state index contributed by atoms with van der Waals surface area (Å²) in [7, 11) is -4.75. The second-order valence-electron chi connectivity index (χ2n) is 18.3. The molecule has 3 aliphatic rings. The number of nitrogens with zero attached hydrogens (tertiary/aromatic N) is 1. The van der Waals surface area contributed by atoms with E-state index in [-0.39, 0.29) is 5.41 Å². The predicted molar refractivity (Wildman–Crippen MR) is 268 cm³/mol. The van der Waals surface area contributed by atoms with Gasteiger partial charge in [0.2, 0.25) is 0 Å². The lowest BCUT2D eigenvalue weighted by Gasteiger charge is -2.34. The van der Waals surface area contributed by atoms with Crippen LogP contribution in [0.25, 0.3) is 33.4 Å². The molecule has 9 aromatic carbocycles. The normalized spacial score (nSPS) is 16.7. The molecular weight excluding hydrogens is 779 g/mol. The van der Waals surface area contributed by atoms with E-state index in [1.165, 1.54) is 104 Å². The van der Waals surface area contributed by atoms with Crippen LogP contribution in [0.2, 0.25) is 13.1 Å². The molecule has 0 amide bonds. The van der Waals surface area contributed by atoms with Crippen molar-refractivity contribution in [2.45, 2.75) is 32.4 Å². The van der Waals surface area contributed by atoms with Gasteiger partial charge in [0.15, 0.2) is 8.07 Å². The minimum atomic E-state index is -2.77. The fraction of sp³-hybridized carbons (Fsp3) is 0.0847. The first-order valence-electron chi connectivity index (χ1n) is 22.0. The molecule has 12 rings (SSSR count). The maximum Gasteiger partial charge on any atom is 0.180 e. The number of anilines is 3. The Morgan fingerprint density at radius 1 is 0.371 bits per heavy atom. The number of fused-ring (bicyclic) bond motifs is 9. The molecule has 1 unspecified atom stereocenters. The Labute approximate surface area is 367 Å². The van der Waals surface area contributed by atoms with E-state index < -0.39 is 16.1 Å². The van der Waals surface area contributed by atoms with Gasteiger partial charge in [0, 0.05) is 22.5 Å². The highest BCUT2D eigenvalue weighted by molar-refractivity contribution is 7.22. The van der Waals surface area contributed by atoms with Crippen molar-refractivity contribution in [2.75, 3.05) is 4.90 Å². The molecule has 1 aliphatic carbocycles. The van der Waals surface area contributed by atoms with E-state index in [1.807, 2.05) is 0 Å². The molecule has 0 bridgehead atoms. The van der Waals surface area contributed by atoms with Crippen LogP contribution in [0.3, 0.4) is 0 Å². The molecule has 296 valence electrons. The number of hydrogen-bond donors (Lipinski definition) is 0. The SMILES string of the molecule is Cc1cc(N(c2ccc3c(c2)C(C)(c2ccccc2)c2ccccc2-3)c2ccc3c(c2)[Si](C)(C)c2ccccc2-3)cc([Si]2(c3ccccc3)c3ccccc3-c3ccccc32)c1. The summed E-state index contributed by atoms with van der Waals surface area (Å²) in [5.74, 6) is 0. The van der Waals surface area contributed by atoms with Gasteiger partial charge in [0.1, 0.15) is 8.07 Å². The summed E-state index contributed by atoms with van der Waals surface area (Å²) in [6, 6.07) is 81.2. The lowest BCUT2D eigenvalue weighted by molar-refractivity contribution is 0.714. The third-order valence-electron chi connectivity index (χ3n) is 14.6. The summed E-state index contributed by atoms with van der Waals surface area (Å²) in [6.45, 7) is 9.78. The summed E-state index contributed by atoms with van der Waals surface area (Å²) in [5.41, 5.74) is 16.7. The van der Waals surface area contributed by atoms with Gasteiger partial charge >= 0.3 is 0 Å². The van der Waals surface area contributed by atoms with Gasteiger partial charge in [-0.25, -0.2) is 0 Å². The fourth-order valence-electron chi connectivity index (χ4n) is 11.8. The van der Waals surface area contributed by atoms with Gasteiger partial charge in [0.05, 0.1) is 0 Å². The minimum absolute atomic E-state index is 0.317. The highest BCUT2D eigenvalue weighted by Gasteiger charge is 2.49. The molecule has 3 heteroatoms. The first-order valence-corrected chi connectivity index (χ1v) is 27.0. The zero-order chi connectivity index (χ0) is 41.8. The van der Waals surface area contributed by atoms with E-state index in [9.17, 15) is 0 Å². The van der Waals surface area contributed by atoms with Gasteiger partial charge in [-0.15, -0.1) is 0 Å². The number of rotatable bonds is 6. The standard InChI is InChI=1S/C59H47NSi2/c1-40-35-44(37-46(36-40)62(45-21-9-6-10-22-45)56-29-17-13-25-50(56)51-26-14-18-30-57(51)62)60(43-32-34-52-49-24-12-16-28-55(49)61(3,4)58(52)39-43)42-31-33-48-47-23-11-15-27-53(47)59(2,54(48)38-42)41-19-7-5-8-20-41/h5-39H,1-4H3. The Morgan fingerprint density at radius 3 is 1.55 bits per heavy atom. The molecule has 9 aromatic rings. The Balaban J connectivity index is 1.13. The summed E-state index contributed by atoms with van der Waals surface area (Å²) < 4.78 is 0. The van der Waals surface area contributed by atoms with E-state index >= 15 is 0 Å². The van der Waals surface area contributed by atoms with Crippen LogP contribution in [-0.4, -0.2) is 16.1 Å². The Kier molecular flexibility index (Phi) is 8.12. The molecule has 0 N–H and O–H groups in total. The average molecular weight is 826 g/mol. The van der Waals surface area contributed by atoms with Crippen LogP contribution in [0, 0.1) is 6.92 Å². The van der Waals surface area contributed by atoms with E-state index in [0.717, 1.165) is 0 Å². The second kappa shape index (κ2) is 13.6. The Hall–Kier alpha value is -6.79. The quantitative estimate of drug-likeness (QED) is 0.151. The van der Waals surface area contributed by atoms with Crippen molar-refractivity contribution in [3.63, 3.8) is 0 Å². The summed E-state index contributed by atoms with van der Waals surface area (Å²) >= 11 is 0. The molecule has 0 radical (unpaired) electrons. The highest BCUT2D eigenvalue weighted by Crippen LogP contribution is 2.54. The van der Waals surface area contributed by atoms with Crippen molar-refractivity contribution in [3.05, 3.63) is 235 Å². The van der Waals surface area contributed by atoms with Crippen LogP contribution in [-0.2, 0) is 5.41 Å². The second-order valence-corrected chi connectivity index (χ2v) is 26.3. The van der Waals surface area contributed by atoms with Gasteiger partial charge in [-0.05, 0) is 137 Å². The third-order valence-corrected chi connectivity index (χ3v) is 23.0. The van der Waals surface area contributed by atoms with Crippen LogP contribution in [0.4, 0.5) is 17.1 Å². The molecule has 0 fully saturated rings. The fourth-order valence-corrected chi connectivity index (χ4v) is 20.2. The van der Waals surface area contributed by atoms with Crippen LogP contribution in [0.5, 0.6) is 0 Å². The molecule has 0 aromatic heterocycles. The van der Waals surface area contributed by atoms with Crippen LogP contribution >= 0.6 is 0 Å². The maximum atomic E-state index is 2.58. The van der Waals surface area contributed by atoms with Gasteiger partial charge in [-0.2, -0.15) is 0 Å². The van der Waals surface area contributed by atoms with E-state index in [4.69, 9.17) is 0 Å². The van der Waals surface area contributed by atoms with Crippen molar-refractivity contribution in [3.8, 4) is 33.4 Å². The van der Waals surface area contributed by atoms with Crippen LogP contribution < -0.4 is 36.0 Å². The molecule has 2 aliphatic heterocycles. The molecule has 2 heterocycles. The average Bonchev–Trinajstić information content (AvgIpc) is 3.86. The topological polar surface area (TPSA) is 3.24 Å². The molecule has 62 heavy (non-hydrogen) atoms.